The van der Waals surface area contributed by atoms with Crippen LogP contribution in [0.25, 0.3) is 0 Å². The molecule has 0 saturated carbocycles. The van der Waals surface area contributed by atoms with E-state index < -0.39 is 36.5 Å². The van der Waals surface area contributed by atoms with Crippen molar-refractivity contribution in [1.29, 1.82) is 0 Å². The molecule has 2 N–H and O–H groups in total. The fourth-order valence-electron chi connectivity index (χ4n) is 1.23. The van der Waals surface area contributed by atoms with E-state index in [0.29, 0.717) is 4.90 Å². The summed E-state index contributed by atoms with van der Waals surface area (Å²) in [7, 11) is 1.44. The van der Waals surface area contributed by atoms with Crippen molar-refractivity contribution in [1.82, 2.24) is 15.5 Å². The largest absolute Gasteiger partial charge is 0.383 e. The van der Waals surface area contributed by atoms with E-state index in [4.69, 9.17) is 0 Å². The van der Waals surface area contributed by atoms with Crippen molar-refractivity contribution in [2.75, 3.05) is 26.8 Å². The number of rotatable bonds is 5. The van der Waals surface area contributed by atoms with E-state index in [-0.39, 0.29) is 13.2 Å². The zero-order chi connectivity index (χ0) is 13.7. The molecule has 1 fully saturated rings. The average Bonchev–Trinajstić information content (AvgIpc) is 2.32. The molecule has 1 atom stereocenters. The van der Waals surface area contributed by atoms with Gasteiger partial charge in [-0.3, -0.25) is 24.6 Å². The number of amides is 5. The quantitative estimate of drug-likeness (QED) is 0.447. The fourth-order valence-corrected chi connectivity index (χ4v) is 1.23. The molecule has 100 valence electrons. The van der Waals surface area contributed by atoms with Crippen molar-refractivity contribution in [3.8, 4) is 0 Å². The van der Waals surface area contributed by atoms with Crippen LogP contribution in [0.1, 0.15) is 0 Å². The van der Waals surface area contributed by atoms with Crippen molar-refractivity contribution in [3.05, 3.63) is 0 Å². The molecule has 0 spiro atoms. The molecule has 0 aromatic rings. The first-order chi connectivity index (χ1) is 8.47. The Hall–Kier alpha value is -2.03. The summed E-state index contributed by atoms with van der Waals surface area (Å²) in [5, 5.41) is 3.98. The third-order valence-corrected chi connectivity index (χ3v) is 2.12. The molecular weight excluding hydrogens is 249 g/mol. The van der Waals surface area contributed by atoms with Crippen LogP contribution >= 0.6 is 0 Å². The standard InChI is InChI=1S/C9H12FN3O5/c1-18-3-2-11-5(14)4-13-8(16)6(10)7(15)12-9(13)17/h6H,2-4H2,1H3,(H,11,14)(H,12,15,17). The molecule has 0 bridgehead atoms. The highest BCUT2D eigenvalue weighted by Crippen LogP contribution is 2.06. The van der Waals surface area contributed by atoms with Gasteiger partial charge in [0.15, 0.2) is 0 Å². The van der Waals surface area contributed by atoms with E-state index >= 15 is 0 Å². The van der Waals surface area contributed by atoms with E-state index in [0.717, 1.165) is 0 Å². The molecule has 18 heavy (non-hydrogen) atoms. The second-order valence-corrected chi connectivity index (χ2v) is 3.42. The molecule has 0 aromatic heterocycles. The summed E-state index contributed by atoms with van der Waals surface area (Å²) in [4.78, 5) is 44.9. The minimum atomic E-state index is -2.46. The number of methoxy groups -OCH3 is 1. The number of halogens is 1. The van der Waals surface area contributed by atoms with Gasteiger partial charge in [0.05, 0.1) is 6.61 Å². The van der Waals surface area contributed by atoms with Crippen LogP contribution < -0.4 is 10.6 Å². The highest BCUT2D eigenvalue weighted by Gasteiger charge is 2.41. The predicted octanol–water partition coefficient (Wildman–Crippen LogP) is -1.83. The van der Waals surface area contributed by atoms with Gasteiger partial charge < -0.3 is 10.1 Å². The molecule has 0 aromatic carbocycles. The Bertz CT molecular complexity index is 386. The van der Waals surface area contributed by atoms with Crippen LogP contribution in [0.3, 0.4) is 0 Å². The number of barbiturate groups is 1. The Morgan fingerprint density at radius 1 is 1.50 bits per heavy atom. The maximum Gasteiger partial charge on any atom is 0.331 e. The van der Waals surface area contributed by atoms with Gasteiger partial charge in [-0.1, -0.05) is 0 Å². The van der Waals surface area contributed by atoms with Crippen molar-refractivity contribution in [2.45, 2.75) is 6.17 Å². The van der Waals surface area contributed by atoms with E-state index in [1.54, 1.807) is 5.32 Å². The summed E-state index contributed by atoms with van der Waals surface area (Å²) in [6, 6.07) is -1.11. The van der Waals surface area contributed by atoms with Crippen molar-refractivity contribution in [2.24, 2.45) is 0 Å². The molecule has 0 radical (unpaired) electrons. The summed E-state index contributed by atoms with van der Waals surface area (Å²) in [5.41, 5.74) is 0. The van der Waals surface area contributed by atoms with Crippen molar-refractivity contribution in [3.63, 3.8) is 0 Å². The summed E-state index contributed by atoms with van der Waals surface area (Å²) in [5.74, 6) is -3.32. The van der Waals surface area contributed by atoms with Crippen LogP contribution in [0.5, 0.6) is 0 Å². The number of hydrogen-bond acceptors (Lipinski definition) is 5. The SMILES string of the molecule is COCCNC(=O)CN1C(=O)NC(=O)C(F)C1=O. The highest BCUT2D eigenvalue weighted by atomic mass is 19.1. The number of ether oxygens (including phenoxy) is 1. The lowest BCUT2D eigenvalue weighted by Crippen LogP contribution is -2.60. The number of carbonyl (C=O) groups excluding carboxylic acids is 4. The number of nitrogens with one attached hydrogen (secondary N) is 2. The summed E-state index contributed by atoms with van der Waals surface area (Å²) in [6.07, 6.45) is -2.46. The molecule has 1 aliphatic heterocycles. The van der Waals surface area contributed by atoms with Gasteiger partial charge in [0.1, 0.15) is 6.54 Å². The Morgan fingerprint density at radius 3 is 2.78 bits per heavy atom. The van der Waals surface area contributed by atoms with Gasteiger partial charge in [-0.25, -0.2) is 9.18 Å². The van der Waals surface area contributed by atoms with Gasteiger partial charge in [0, 0.05) is 13.7 Å². The zero-order valence-corrected chi connectivity index (χ0v) is 9.57. The number of nitrogens with zero attached hydrogens (tertiary/aromatic N) is 1. The van der Waals surface area contributed by atoms with Gasteiger partial charge in [-0.15, -0.1) is 0 Å². The van der Waals surface area contributed by atoms with Crippen LogP contribution in [0.4, 0.5) is 9.18 Å². The molecule has 1 heterocycles. The van der Waals surface area contributed by atoms with Crippen LogP contribution in [0.15, 0.2) is 0 Å². The van der Waals surface area contributed by atoms with Gasteiger partial charge in [-0.05, 0) is 0 Å². The molecule has 1 rings (SSSR count). The van der Waals surface area contributed by atoms with E-state index in [1.807, 2.05) is 0 Å². The topological polar surface area (TPSA) is 105 Å². The zero-order valence-electron chi connectivity index (χ0n) is 9.57. The van der Waals surface area contributed by atoms with Crippen molar-refractivity contribution < 1.29 is 28.3 Å². The second-order valence-electron chi connectivity index (χ2n) is 3.42. The molecule has 1 saturated heterocycles. The van der Waals surface area contributed by atoms with Crippen LogP contribution in [0.2, 0.25) is 0 Å². The molecule has 5 amide bonds. The Morgan fingerprint density at radius 2 is 2.17 bits per heavy atom. The number of hydrogen-bond donors (Lipinski definition) is 2. The first kappa shape index (κ1) is 14.0. The van der Waals surface area contributed by atoms with Crippen molar-refractivity contribution >= 4 is 23.8 Å². The smallest absolute Gasteiger partial charge is 0.331 e. The van der Waals surface area contributed by atoms with Crippen LogP contribution in [0, 0.1) is 0 Å². The van der Waals surface area contributed by atoms with E-state index in [2.05, 4.69) is 10.1 Å². The minimum absolute atomic E-state index is 0.191. The lowest BCUT2D eigenvalue weighted by Gasteiger charge is -2.25. The maximum atomic E-state index is 13.0. The lowest BCUT2D eigenvalue weighted by molar-refractivity contribution is -0.145. The molecular formula is C9H12FN3O5. The Balaban J connectivity index is 2.55. The predicted molar refractivity (Wildman–Crippen MR) is 55.0 cm³/mol. The Labute approximate surface area is 101 Å². The van der Waals surface area contributed by atoms with Crippen LogP contribution in [-0.4, -0.2) is 61.6 Å². The third-order valence-electron chi connectivity index (χ3n) is 2.12. The fraction of sp³-hybridized carbons (Fsp3) is 0.556. The third kappa shape index (κ3) is 3.23. The lowest BCUT2D eigenvalue weighted by atomic mass is 10.2. The number of imide groups is 2. The van der Waals surface area contributed by atoms with Gasteiger partial charge in [-0.2, -0.15) is 0 Å². The summed E-state index contributed by atoms with van der Waals surface area (Å²) >= 11 is 0. The minimum Gasteiger partial charge on any atom is -0.383 e. The highest BCUT2D eigenvalue weighted by molar-refractivity contribution is 6.18. The Kier molecular flexibility index (Phi) is 4.72. The van der Waals surface area contributed by atoms with E-state index in [1.165, 1.54) is 7.11 Å². The van der Waals surface area contributed by atoms with Gasteiger partial charge in [0.2, 0.25) is 5.91 Å². The van der Waals surface area contributed by atoms with E-state index in [9.17, 15) is 23.6 Å². The number of alkyl halides is 1. The number of urea groups is 1. The molecule has 1 unspecified atom stereocenters. The summed E-state index contributed by atoms with van der Waals surface area (Å²) < 4.78 is 17.7. The second kappa shape index (κ2) is 6.05. The maximum absolute atomic E-state index is 13.0. The average molecular weight is 261 g/mol. The van der Waals surface area contributed by atoms with Crippen LogP contribution in [-0.2, 0) is 19.1 Å². The molecule has 9 heteroatoms. The summed E-state index contributed by atoms with van der Waals surface area (Å²) in [6.45, 7) is -0.199. The number of carbonyl (C=O) groups is 4. The normalized spacial score (nSPS) is 19.8. The molecule has 8 nitrogen and oxygen atoms in total. The monoisotopic (exact) mass is 261 g/mol. The molecule has 0 aliphatic carbocycles. The first-order valence-corrected chi connectivity index (χ1v) is 5.03. The first-order valence-electron chi connectivity index (χ1n) is 5.03. The van der Waals surface area contributed by atoms with Gasteiger partial charge in [0.25, 0.3) is 18.0 Å². The van der Waals surface area contributed by atoms with Gasteiger partial charge >= 0.3 is 6.03 Å². The molecule has 1 aliphatic rings.